The van der Waals surface area contributed by atoms with Gasteiger partial charge in [0, 0.05) is 34.8 Å². The van der Waals surface area contributed by atoms with E-state index in [-0.39, 0.29) is 11.8 Å². The van der Waals surface area contributed by atoms with Crippen molar-refractivity contribution in [2.75, 3.05) is 28.6 Å². The zero-order valence-electron chi connectivity index (χ0n) is 19.9. The number of carbonyl (C=O) groups is 1. The van der Waals surface area contributed by atoms with Crippen LogP contribution in [0.2, 0.25) is 0 Å². The first-order chi connectivity index (χ1) is 16.3. The van der Waals surface area contributed by atoms with Gasteiger partial charge in [-0.05, 0) is 48.9 Å². The Balaban J connectivity index is 1.55. The standard InChI is InChI=1S/C24H31N7O2S/c1-5-15(3)24(33)13-31(14-24)21-12-19(26-20-11-16(4)29-30-20)27-23(28-21)34-18-9-7-17(8-10-18)25-22(32)6-2/h7-12,15,33H,5-6,13-14H2,1-4H3,(H,25,32)(H2,26,27,28,29,30). The van der Waals surface area contributed by atoms with Crippen molar-refractivity contribution >= 4 is 40.8 Å². The lowest BCUT2D eigenvalue weighted by atomic mass is 9.80. The van der Waals surface area contributed by atoms with Gasteiger partial charge in [-0.3, -0.25) is 9.89 Å². The molecule has 0 bridgehead atoms. The fourth-order valence-corrected chi connectivity index (χ4v) is 4.49. The highest BCUT2D eigenvalue weighted by Crippen LogP contribution is 2.36. The molecule has 1 amide bonds. The first-order valence-corrected chi connectivity index (χ1v) is 12.3. The molecule has 0 aliphatic carbocycles. The Kier molecular flexibility index (Phi) is 7.08. The summed E-state index contributed by atoms with van der Waals surface area (Å²) in [5.41, 5.74) is 1.01. The lowest BCUT2D eigenvalue weighted by molar-refractivity contribution is -0.115. The molecule has 1 atom stereocenters. The summed E-state index contributed by atoms with van der Waals surface area (Å²) in [7, 11) is 0. The molecular weight excluding hydrogens is 450 g/mol. The average Bonchev–Trinajstić information content (AvgIpc) is 3.21. The summed E-state index contributed by atoms with van der Waals surface area (Å²) < 4.78 is 0. The summed E-state index contributed by atoms with van der Waals surface area (Å²) in [5.74, 6) is 2.26. The molecule has 4 rings (SSSR count). The number of anilines is 4. The maximum Gasteiger partial charge on any atom is 0.224 e. The number of amides is 1. The molecule has 3 aromatic rings. The summed E-state index contributed by atoms with van der Waals surface area (Å²) in [6, 6.07) is 11.4. The molecule has 0 saturated carbocycles. The van der Waals surface area contributed by atoms with Crippen molar-refractivity contribution in [3.05, 3.63) is 42.1 Å². The molecule has 1 aliphatic rings. The number of rotatable bonds is 9. The average molecular weight is 482 g/mol. The number of β-amino-alcohol motifs (C(OH)–C–C–N with tert-alkyl or cyclic N) is 1. The summed E-state index contributed by atoms with van der Waals surface area (Å²) >= 11 is 1.44. The van der Waals surface area contributed by atoms with E-state index in [4.69, 9.17) is 4.98 Å². The maximum atomic E-state index is 11.6. The third kappa shape index (κ3) is 5.51. The van der Waals surface area contributed by atoms with Gasteiger partial charge < -0.3 is 20.6 Å². The van der Waals surface area contributed by atoms with Crippen molar-refractivity contribution in [3.8, 4) is 0 Å². The Morgan fingerprint density at radius 3 is 2.56 bits per heavy atom. The second kappa shape index (κ2) is 10.0. The zero-order valence-corrected chi connectivity index (χ0v) is 20.7. The van der Waals surface area contributed by atoms with E-state index in [1.54, 1.807) is 0 Å². The third-order valence-corrected chi connectivity index (χ3v) is 6.98. The van der Waals surface area contributed by atoms with Gasteiger partial charge in [0.15, 0.2) is 11.0 Å². The number of hydrogen-bond acceptors (Lipinski definition) is 8. The molecule has 1 aromatic carbocycles. The smallest absolute Gasteiger partial charge is 0.224 e. The Labute approximate surface area is 203 Å². The summed E-state index contributed by atoms with van der Waals surface area (Å²) in [4.78, 5) is 24.1. The molecule has 1 saturated heterocycles. The molecule has 0 radical (unpaired) electrons. The van der Waals surface area contributed by atoms with Gasteiger partial charge in [0.2, 0.25) is 5.91 Å². The number of carbonyl (C=O) groups excluding carboxylic acids is 1. The van der Waals surface area contributed by atoms with Gasteiger partial charge in [0.05, 0.1) is 13.1 Å². The van der Waals surface area contributed by atoms with Gasteiger partial charge in [-0.2, -0.15) is 5.10 Å². The van der Waals surface area contributed by atoms with E-state index >= 15 is 0 Å². The van der Waals surface area contributed by atoms with Crippen LogP contribution >= 0.6 is 11.8 Å². The van der Waals surface area contributed by atoms with Gasteiger partial charge in [-0.1, -0.05) is 27.2 Å². The molecule has 1 aliphatic heterocycles. The van der Waals surface area contributed by atoms with Crippen LogP contribution in [0.3, 0.4) is 0 Å². The Morgan fingerprint density at radius 2 is 1.94 bits per heavy atom. The Morgan fingerprint density at radius 1 is 1.21 bits per heavy atom. The van der Waals surface area contributed by atoms with Crippen molar-refractivity contribution in [1.82, 2.24) is 20.2 Å². The fourth-order valence-electron chi connectivity index (χ4n) is 3.73. The number of benzene rings is 1. The van der Waals surface area contributed by atoms with Crippen molar-refractivity contribution in [2.24, 2.45) is 5.92 Å². The number of nitrogens with one attached hydrogen (secondary N) is 3. The maximum absolute atomic E-state index is 11.6. The van der Waals surface area contributed by atoms with Crippen LogP contribution in [0.15, 0.2) is 46.5 Å². The van der Waals surface area contributed by atoms with Crippen molar-refractivity contribution in [3.63, 3.8) is 0 Å². The molecule has 1 fully saturated rings. The second-order valence-electron chi connectivity index (χ2n) is 8.75. The summed E-state index contributed by atoms with van der Waals surface area (Å²) in [5, 5.41) is 24.7. The van der Waals surface area contributed by atoms with E-state index in [0.29, 0.717) is 36.3 Å². The number of aliphatic hydroxyl groups is 1. The van der Waals surface area contributed by atoms with Crippen LogP contribution in [0.5, 0.6) is 0 Å². The molecule has 2 aromatic heterocycles. The topological polar surface area (TPSA) is 119 Å². The highest BCUT2D eigenvalue weighted by atomic mass is 32.2. The largest absolute Gasteiger partial charge is 0.386 e. The lowest BCUT2D eigenvalue weighted by Crippen LogP contribution is -2.65. The van der Waals surface area contributed by atoms with Crippen LogP contribution in [0.1, 0.15) is 39.3 Å². The van der Waals surface area contributed by atoms with E-state index < -0.39 is 5.60 Å². The quantitative estimate of drug-likeness (QED) is 0.333. The van der Waals surface area contributed by atoms with Crippen LogP contribution in [0, 0.1) is 12.8 Å². The summed E-state index contributed by atoms with van der Waals surface area (Å²) in [6.45, 7) is 9.01. The SMILES string of the molecule is CCC(=O)Nc1ccc(Sc2nc(Nc3cc(C)[nH]n3)cc(N3CC(O)(C(C)CC)C3)n2)cc1. The number of nitrogens with zero attached hydrogens (tertiary/aromatic N) is 4. The van der Waals surface area contributed by atoms with Gasteiger partial charge in [0.1, 0.15) is 17.2 Å². The first kappa shape index (κ1) is 24.0. The van der Waals surface area contributed by atoms with Crippen molar-refractivity contribution in [2.45, 2.75) is 56.2 Å². The number of aromatic amines is 1. The molecular formula is C24H31N7O2S. The highest BCUT2D eigenvalue weighted by Gasteiger charge is 2.45. The number of aryl methyl sites for hydroxylation is 1. The predicted octanol–water partition coefficient (Wildman–Crippen LogP) is 4.35. The highest BCUT2D eigenvalue weighted by molar-refractivity contribution is 7.99. The Hall–Kier alpha value is -3.11. The van der Waals surface area contributed by atoms with Gasteiger partial charge in [-0.25, -0.2) is 9.97 Å². The van der Waals surface area contributed by atoms with E-state index in [2.05, 4.69) is 44.6 Å². The summed E-state index contributed by atoms with van der Waals surface area (Å²) in [6.07, 6.45) is 1.36. The van der Waals surface area contributed by atoms with E-state index in [0.717, 1.165) is 28.5 Å². The van der Waals surface area contributed by atoms with Crippen molar-refractivity contribution < 1.29 is 9.90 Å². The van der Waals surface area contributed by atoms with Crippen LogP contribution in [-0.2, 0) is 4.79 Å². The van der Waals surface area contributed by atoms with Crippen LogP contribution in [0.4, 0.5) is 23.1 Å². The second-order valence-corrected chi connectivity index (χ2v) is 9.79. The van der Waals surface area contributed by atoms with Crippen molar-refractivity contribution in [1.29, 1.82) is 0 Å². The minimum absolute atomic E-state index is 0.0207. The molecule has 1 unspecified atom stereocenters. The molecule has 3 heterocycles. The molecule has 34 heavy (non-hydrogen) atoms. The Bertz CT molecular complexity index is 1140. The van der Waals surface area contributed by atoms with Gasteiger partial charge >= 0.3 is 0 Å². The third-order valence-electron chi connectivity index (χ3n) is 6.11. The fraction of sp³-hybridized carbons (Fsp3) is 0.417. The molecule has 180 valence electrons. The minimum atomic E-state index is -0.696. The van der Waals surface area contributed by atoms with Crippen LogP contribution in [0.25, 0.3) is 0 Å². The number of H-pyrrole nitrogens is 1. The monoisotopic (exact) mass is 481 g/mol. The van der Waals surface area contributed by atoms with Gasteiger partial charge in [-0.15, -0.1) is 0 Å². The van der Waals surface area contributed by atoms with Crippen LogP contribution in [-0.4, -0.2) is 49.9 Å². The first-order valence-electron chi connectivity index (χ1n) is 11.5. The molecule has 10 heteroatoms. The zero-order chi connectivity index (χ0) is 24.3. The molecule has 4 N–H and O–H groups in total. The number of aromatic nitrogens is 4. The molecule has 0 spiro atoms. The van der Waals surface area contributed by atoms with E-state index in [1.165, 1.54) is 11.8 Å². The van der Waals surface area contributed by atoms with E-state index in [9.17, 15) is 9.90 Å². The predicted molar refractivity (Wildman–Crippen MR) is 135 cm³/mol. The van der Waals surface area contributed by atoms with Gasteiger partial charge in [0.25, 0.3) is 0 Å². The number of hydrogen-bond donors (Lipinski definition) is 4. The minimum Gasteiger partial charge on any atom is -0.386 e. The van der Waals surface area contributed by atoms with Crippen LogP contribution < -0.4 is 15.5 Å². The molecule has 9 nitrogen and oxygen atoms in total. The van der Waals surface area contributed by atoms with E-state index in [1.807, 2.05) is 50.2 Å². The lowest BCUT2D eigenvalue weighted by Gasteiger charge is -2.50. The normalized spacial score (nSPS) is 15.5.